The molecule has 0 aliphatic carbocycles. The second kappa shape index (κ2) is 7.04. The molecule has 128 valence electrons. The van der Waals surface area contributed by atoms with Crippen molar-refractivity contribution in [1.29, 1.82) is 0 Å². The average Bonchev–Trinajstić information content (AvgIpc) is 3.07. The number of hydrogen-bond donors (Lipinski definition) is 1. The maximum absolute atomic E-state index is 12.1. The molecule has 1 atom stereocenters. The summed E-state index contributed by atoms with van der Waals surface area (Å²) in [7, 11) is 0. The van der Waals surface area contributed by atoms with Crippen LogP contribution in [0.1, 0.15) is 24.1 Å². The molecular formula is C18H16N2O5. The number of nitro groups is 1. The Morgan fingerprint density at radius 1 is 1.24 bits per heavy atom. The van der Waals surface area contributed by atoms with Crippen LogP contribution in [0.4, 0.5) is 5.69 Å². The molecule has 0 aromatic heterocycles. The third-order valence-electron chi connectivity index (χ3n) is 3.79. The summed E-state index contributed by atoms with van der Waals surface area (Å²) in [6.07, 6.45) is 2.66. The first kappa shape index (κ1) is 16.5. The van der Waals surface area contributed by atoms with Gasteiger partial charge in [0.2, 0.25) is 12.7 Å². The molecule has 7 nitrogen and oxygen atoms in total. The minimum Gasteiger partial charge on any atom is -0.454 e. The standard InChI is InChI=1S/C18H16N2O5/c1-12(13-5-3-2-4-6-13)19-18(21)8-7-14-9-16-17(25-11-24-16)10-15(14)20(22)23/h2-10,12H,11H2,1H3,(H,19,21)/b8-7+. The van der Waals surface area contributed by atoms with Crippen LogP contribution in [0.3, 0.4) is 0 Å². The van der Waals surface area contributed by atoms with Crippen LogP contribution in [0.25, 0.3) is 6.08 Å². The maximum Gasteiger partial charge on any atom is 0.280 e. The van der Waals surface area contributed by atoms with E-state index in [0.29, 0.717) is 11.5 Å². The summed E-state index contributed by atoms with van der Waals surface area (Å²) in [5.41, 5.74) is 1.10. The number of amides is 1. The van der Waals surface area contributed by atoms with E-state index in [4.69, 9.17) is 9.47 Å². The molecule has 1 aliphatic rings. The van der Waals surface area contributed by atoms with Gasteiger partial charge in [0.1, 0.15) is 0 Å². The topological polar surface area (TPSA) is 90.7 Å². The largest absolute Gasteiger partial charge is 0.454 e. The zero-order chi connectivity index (χ0) is 17.8. The lowest BCUT2D eigenvalue weighted by Crippen LogP contribution is -2.24. The molecule has 0 saturated heterocycles. The number of ether oxygens (including phenoxy) is 2. The summed E-state index contributed by atoms with van der Waals surface area (Å²) in [5.74, 6) is 0.401. The molecule has 0 bridgehead atoms. The Balaban J connectivity index is 1.75. The normalized spacial score (nSPS) is 13.6. The van der Waals surface area contributed by atoms with E-state index in [1.54, 1.807) is 0 Å². The average molecular weight is 340 g/mol. The fraction of sp³-hybridized carbons (Fsp3) is 0.167. The predicted octanol–water partition coefficient (Wildman–Crippen LogP) is 3.21. The number of nitrogens with zero attached hydrogens (tertiary/aromatic N) is 1. The Bertz CT molecular complexity index is 833. The molecule has 2 aromatic rings. The summed E-state index contributed by atoms with van der Waals surface area (Å²) in [5, 5.41) is 14.0. The van der Waals surface area contributed by atoms with E-state index in [9.17, 15) is 14.9 Å². The minimum absolute atomic E-state index is 0.0226. The van der Waals surface area contributed by atoms with Crippen LogP contribution in [-0.4, -0.2) is 17.6 Å². The number of rotatable bonds is 5. The zero-order valence-electron chi connectivity index (χ0n) is 13.5. The first-order valence-corrected chi connectivity index (χ1v) is 7.66. The maximum atomic E-state index is 12.1. The Morgan fingerprint density at radius 2 is 1.92 bits per heavy atom. The van der Waals surface area contributed by atoms with Gasteiger partial charge in [-0.3, -0.25) is 14.9 Å². The third-order valence-corrected chi connectivity index (χ3v) is 3.79. The summed E-state index contributed by atoms with van der Waals surface area (Å²) in [6, 6.07) is 12.1. The molecule has 3 rings (SSSR count). The molecular weight excluding hydrogens is 324 g/mol. The number of carbonyl (C=O) groups is 1. The van der Waals surface area contributed by atoms with Crippen molar-refractivity contribution in [3.8, 4) is 11.5 Å². The second-order valence-corrected chi connectivity index (χ2v) is 5.50. The number of benzene rings is 2. The van der Waals surface area contributed by atoms with Crippen LogP contribution < -0.4 is 14.8 Å². The minimum atomic E-state index is -0.522. The van der Waals surface area contributed by atoms with Crippen molar-refractivity contribution in [2.45, 2.75) is 13.0 Å². The fourth-order valence-corrected chi connectivity index (χ4v) is 2.49. The van der Waals surface area contributed by atoms with E-state index in [1.165, 1.54) is 24.3 Å². The monoisotopic (exact) mass is 340 g/mol. The molecule has 7 heteroatoms. The molecule has 1 unspecified atom stereocenters. The third kappa shape index (κ3) is 3.77. The summed E-state index contributed by atoms with van der Waals surface area (Å²) < 4.78 is 10.4. The van der Waals surface area contributed by atoms with Crippen LogP contribution in [0, 0.1) is 10.1 Å². The molecule has 25 heavy (non-hydrogen) atoms. The van der Waals surface area contributed by atoms with Crippen LogP contribution in [0.15, 0.2) is 48.5 Å². The van der Waals surface area contributed by atoms with Gasteiger partial charge in [-0.25, -0.2) is 0 Å². The van der Waals surface area contributed by atoms with E-state index in [-0.39, 0.29) is 30.0 Å². The van der Waals surface area contributed by atoms with Gasteiger partial charge in [0.25, 0.3) is 5.69 Å². The van der Waals surface area contributed by atoms with Crippen LogP contribution in [-0.2, 0) is 4.79 Å². The summed E-state index contributed by atoms with van der Waals surface area (Å²) >= 11 is 0. The van der Waals surface area contributed by atoms with Crippen LogP contribution in [0.2, 0.25) is 0 Å². The van der Waals surface area contributed by atoms with E-state index in [0.717, 1.165) is 5.56 Å². The van der Waals surface area contributed by atoms with Crippen molar-refractivity contribution in [3.05, 3.63) is 69.8 Å². The van der Waals surface area contributed by atoms with Gasteiger partial charge in [-0.2, -0.15) is 0 Å². The molecule has 0 spiro atoms. The van der Waals surface area contributed by atoms with Crippen molar-refractivity contribution in [1.82, 2.24) is 5.32 Å². The molecule has 0 fully saturated rings. The van der Waals surface area contributed by atoms with Gasteiger partial charge >= 0.3 is 0 Å². The highest BCUT2D eigenvalue weighted by Gasteiger charge is 2.22. The number of nitro benzene ring substituents is 1. The van der Waals surface area contributed by atoms with Gasteiger partial charge in [0.15, 0.2) is 11.5 Å². The van der Waals surface area contributed by atoms with E-state index in [2.05, 4.69) is 5.32 Å². The van der Waals surface area contributed by atoms with Gasteiger partial charge in [0.05, 0.1) is 22.6 Å². The van der Waals surface area contributed by atoms with Crippen LogP contribution >= 0.6 is 0 Å². The van der Waals surface area contributed by atoms with Crippen molar-refractivity contribution in [3.63, 3.8) is 0 Å². The summed E-state index contributed by atoms with van der Waals surface area (Å²) in [6.45, 7) is 1.89. The van der Waals surface area contributed by atoms with E-state index >= 15 is 0 Å². The number of nitrogens with one attached hydrogen (secondary N) is 1. The SMILES string of the molecule is CC(NC(=O)/C=C/c1cc2c(cc1[N+](=O)[O-])OCO2)c1ccccc1. The molecule has 1 amide bonds. The number of hydrogen-bond acceptors (Lipinski definition) is 5. The molecule has 1 N–H and O–H groups in total. The molecule has 2 aromatic carbocycles. The van der Waals surface area contributed by atoms with Crippen LogP contribution in [0.5, 0.6) is 11.5 Å². The molecule has 0 radical (unpaired) electrons. The first-order valence-electron chi connectivity index (χ1n) is 7.66. The van der Waals surface area contributed by atoms with Gasteiger partial charge in [-0.1, -0.05) is 30.3 Å². The lowest BCUT2D eigenvalue weighted by atomic mass is 10.1. The highest BCUT2D eigenvalue weighted by atomic mass is 16.7. The Kier molecular flexibility index (Phi) is 4.65. The first-order chi connectivity index (χ1) is 12.0. The van der Waals surface area contributed by atoms with Gasteiger partial charge in [-0.05, 0) is 24.6 Å². The van der Waals surface area contributed by atoms with Crippen molar-refractivity contribution in [2.75, 3.05) is 6.79 Å². The van der Waals surface area contributed by atoms with Crippen molar-refractivity contribution >= 4 is 17.7 Å². The summed E-state index contributed by atoms with van der Waals surface area (Å²) in [4.78, 5) is 22.8. The van der Waals surface area contributed by atoms with E-state index < -0.39 is 4.92 Å². The fourth-order valence-electron chi connectivity index (χ4n) is 2.49. The highest BCUT2D eigenvalue weighted by Crippen LogP contribution is 2.38. The molecule has 1 aliphatic heterocycles. The lowest BCUT2D eigenvalue weighted by molar-refractivity contribution is -0.385. The Hall–Kier alpha value is -3.35. The molecule has 0 saturated carbocycles. The van der Waals surface area contributed by atoms with Gasteiger partial charge in [-0.15, -0.1) is 0 Å². The smallest absolute Gasteiger partial charge is 0.280 e. The van der Waals surface area contributed by atoms with Gasteiger partial charge < -0.3 is 14.8 Å². The predicted molar refractivity (Wildman–Crippen MR) is 91.3 cm³/mol. The highest BCUT2D eigenvalue weighted by molar-refractivity contribution is 5.92. The Labute approximate surface area is 144 Å². The quantitative estimate of drug-likeness (QED) is 0.513. The van der Waals surface area contributed by atoms with E-state index in [1.807, 2.05) is 37.3 Å². The number of carbonyl (C=O) groups excluding carboxylic acids is 1. The van der Waals surface area contributed by atoms with Crippen molar-refractivity contribution < 1.29 is 19.2 Å². The Morgan fingerprint density at radius 3 is 2.60 bits per heavy atom. The lowest BCUT2D eigenvalue weighted by Gasteiger charge is -2.12. The second-order valence-electron chi connectivity index (χ2n) is 5.50. The van der Waals surface area contributed by atoms with Gasteiger partial charge in [0, 0.05) is 6.08 Å². The zero-order valence-corrected chi connectivity index (χ0v) is 13.5. The number of fused-ring (bicyclic) bond motifs is 1. The van der Waals surface area contributed by atoms with Crippen molar-refractivity contribution in [2.24, 2.45) is 0 Å². The molecule has 1 heterocycles.